The van der Waals surface area contributed by atoms with Crippen LogP contribution >= 0.6 is 0 Å². The topological polar surface area (TPSA) is 143 Å². The largest absolute Gasteiger partial charge is 0.463 e. The Labute approximate surface area is 165 Å². The van der Waals surface area contributed by atoms with Crippen LogP contribution < -0.4 is 11.1 Å². The third kappa shape index (κ3) is 3.79. The van der Waals surface area contributed by atoms with Gasteiger partial charge in [0.15, 0.2) is 35.0 Å². The van der Waals surface area contributed by atoms with E-state index in [0.29, 0.717) is 11.3 Å². The summed E-state index contributed by atoms with van der Waals surface area (Å²) in [6, 6.07) is 0. The lowest BCUT2D eigenvalue weighted by Crippen LogP contribution is -2.44. The molecule has 0 spiro atoms. The maximum absolute atomic E-state index is 15.8. The van der Waals surface area contributed by atoms with Crippen LogP contribution in [0.15, 0.2) is 6.33 Å². The van der Waals surface area contributed by atoms with Crippen LogP contribution in [0, 0.1) is 0 Å². The van der Waals surface area contributed by atoms with Gasteiger partial charge >= 0.3 is 11.9 Å². The van der Waals surface area contributed by atoms with E-state index in [4.69, 9.17) is 19.9 Å². The van der Waals surface area contributed by atoms with Crippen molar-refractivity contribution in [2.75, 3.05) is 24.7 Å². The van der Waals surface area contributed by atoms with E-state index in [1.165, 1.54) is 17.8 Å². The summed E-state index contributed by atoms with van der Waals surface area (Å²) in [5.74, 6) is -0.831. The monoisotopic (exact) mass is 410 g/mol. The molecular weight excluding hydrogens is 387 g/mol. The molecule has 4 atom stereocenters. The van der Waals surface area contributed by atoms with Crippen molar-refractivity contribution >= 4 is 34.9 Å². The zero-order valence-electron chi connectivity index (χ0n) is 16.5. The molecule has 3 N–H and O–H groups in total. The first kappa shape index (κ1) is 20.7. The number of ether oxygens (including phenoxy) is 3. The van der Waals surface area contributed by atoms with Crippen LogP contribution in [-0.4, -0.2) is 63.0 Å². The molecule has 158 valence electrons. The van der Waals surface area contributed by atoms with Crippen LogP contribution in [0.3, 0.4) is 0 Å². The maximum Gasteiger partial charge on any atom is 0.305 e. The van der Waals surface area contributed by atoms with Crippen molar-refractivity contribution in [1.82, 2.24) is 19.5 Å². The zero-order chi connectivity index (χ0) is 21.3. The van der Waals surface area contributed by atoms with Crippen molar-refractivity contribution < 1.29 is 28.2 Å². The molecule has 3 heterocycles. The number of anilines is 2. The van der Waals surface area contributed by atoms with Gasteiger partial charge in [-0.15, -0.1) is 0 Å². The van der Waals surface area contributed by atoms with E-state index >= 15 is 4.39 Å². The molecule has 2 aromatic heterocycles. The summed E-state index contributed by atoms with van der Waals surface area (Å²) < 4.78 is 33.3. The van der Waals surface area contributed by atoms with Crippen molar-refractivity contribution in [3.8, 4) is 0 Å². The molecule has 2 aromatic rings. The summed E-state index contributed by atoms with van der Waals surface area (Å²) in [7, 11) is 1.64. The summed E-state index contributed by atoms with van der Waals surface area (Å²) in [6.45, 7) is 3.76. The second-order valence-electron chi connectivity index (χ2n) is 6.75. The third-order valence-corrected chi connectivity index (χ3v) is 4.60. The van der Waals surface area contributed by atoms with Crippen molar-refractivity contribution in [3.63, 3.8) is 0 Å². The average molecular weight is 410 g/mol. The fourth-order valence-electron chi connectivity index (χ4n) is 3.26. The number of nitrogens with two attached hydrogens (primary N) is 1. The van der Waals surface area contributed by atoms with Crippen molar-refractivity contribution in [2.24, 2.45) is 0 Å². The molecule has 1 aliphatic heterocycles. The van der Waals surface area contributed by atoms with E-state index in [-0.39, 0.29) is 24.6 Å². The highest BCUT2D eigenvalue weighted by molar-refractivity contribution is 5.84. The number of imidazole rings is 1. The number of alkyl halides is 1. The minimum Gasteiger partial charge on any atom is -0.463 e. The normalized spacial score (nSPS) is 26.4. The van der Waals surface area contributed by atoms with E-state index in [1.807, 2.05) is 0 Å². The third-order valence-electron chi connectivity index (χ3n) is 4.60. The molecule has 0 amide bonds. The number of hydrogen-bond acceptors (Lipinski definition) is 10. The summed E-state index contributed by atoms with van der Waals surface area (Å²) in [6.07, 6.45) is -2.10. The molecule has 1 fully saturated rings. The van der Waals surface area contributed by atoms with Crippen LogP contribution in [0.4, 0.5) is 16.2 Å². The number of fused-ring (bicyclic) bond motifs is 1. The number of rotatable bonds is 6. The molecule has 0 unspecified atom stereocenters. The molecule has 1 saturated heterocycles. The zero-order valence-corrected chi connectivity index (χ0v) is 16.5. The standard InChI is InChI=1S/C17H23FN6O5/c1-5-10(26)27-6-9-12(28-8(2)25)17(3,18)15(29-9)24-7-21-11-13(20-4)22-16(19)23-14(11)24/h7,9,12,15H,5-6H2,1-4H3,(H3,19,20,22,23)/t9-,12-,15-,17-/m1/s1. The molecular formula is C17H23FN6O5. The van der Waals surface area contributed by atoms with Crippen LogP contribution in [-0.2, 0) is 23.8 Å². The van der Waals surface area contributed by atoms with Gasteiger partial charge < -0.3 is 25.3 Å². The van der Waals surface area contributed by atoms with E-state index in [0.717, 1.165) is 6.92 Å². The molecule has 12 heteroatoms. The molecule has 0 aromatic carbocycles. The lowest BCUT2D eigenvalue weighted by molar-refractivity contribution is -0.159. The van der Waals surface area contributed by atoms with Crippen LogP contribution in [0.5, 0.6) is 0 Å². The van der Waals surface area contributed by atoms with Gasteiger partial charge in [-0.25, -0.2) is 9.37 Å². The molecule has 0 radical (unpaired) electrons. The van der Waals surface area contributed by atoms with Crippen LogP contribution in [0.1, 0.15) is 33.4 Å². The van der Waals surface area contributed by atoms with E-state index in [2.05, 4.69) is 20.3 Å². The summed E-state index contributed by atoms with van der Waals surface area (Å²) >= 11 is 0. The Hall–Kier alpha value is -3.02. The molecule has 0 bridgehead atoms. The van der Waals surface area contributed by atoms with Gasteiger partial charge in [-0.2, -0.15) is 9.97 Å². The molecule has 3 rings (SSSR count). The van der Waals surface area contributed by atoms with Crippen LogP contribution in [0.2, 0.25) is 0 Å². The Morgan fingerprint density at radius 2 is 2.17 bits per heavy atom. The minimum absolute atomic E-state index is 0.0351. The fraction of sp³-hybridized carbons (Fsp3) is 0.588. The number of carbonyl (C=O) groups excluding carboxylic acids is 2. The Bertz CT molecular complexity index is 932. The number of nitrogen functional groups attached to an aromatic ring is 1. The van der Waals surface area contributed by atoms with Gasteiger partial charge in [-0.1, -0.05) is 6.92 Å². The first-order chi connectivity index (χ1) is 13.7. The Kier molecular flexibility index (Phi) is 5.55. The van der Waals surface area contributed by atoms with Crippen molar-refractivity contribution in [1.29, 1.82) is 0 Å². The number of carbonyl (C=O) groups is 2. The van der Waals surface area contributed by atoms with Gasteiger partial charge in [0.05, 0.1) is 6.33 Å². The lowest BCUT2D eigenvalue weighted by atomic mass is 9.98. The van der Waals surface area contributed by atoms with Gasteiger partial charge in [-0.05, 0) is 6.92 Å². The predicted octanol–water partition coefficient (Wildman–Crippen LogP) is 0.961. The summed E-state index contributed by atoms with van der Waals surface area (Å²) in [4.78, 5) is 35.5. The van der Waals surface area contributed by atoms with Crippen molar-refractivity contribution in [2.45, 2.75) is 51.3 Å². The first-order valence-electron chi connectivity index (χ1n) is 9.04. The Morgan fingerprint density at radius 3 is 2.79 bits per heavy atom. The molecule has 11 nitrogen and oxygen atoms in total. The molecule has 0 saturated carbocycles. The quantitative estimate of drug-likeness (QED) is 0.661. The van der Waals surface area contributed by atoms with Crippen LogP contribution in [0.25, 0.3) is 11.2 Å². The predicted molar refractivity (Wildman–Crippen MR) is 99.5 cm³/mol. The molecule has 29 heavy (non-hydrogen) atoms. The average Bonchev–Trinajstić information content (AvgIpc) is 3.17. The second kappa shape index (κ2) is 7.78. The van der Waals surface area contributed by atoms with Gasteiger partial charge in [0.1, 0.15) is 12.7 Å². The van der Waals surface area contributed by atoms with Gasteiger partial charge in [0, 0.05) is 20.4 Å². The smallest absolute Gasteiger partial charge is 0.305 e. The second-order valence-corrected chi connectivity index (χ2v) is 6.75. The molecule has 0 aliphatic carbocycles. The number of aromatic nitrogens is 4. The lowest BCUT2D eigenvalue weighted by Gasteiger charge is -2.27. The highest BCUT2D eigenvalue weighted by Gasteiger charge is 2.58. The summed E-state index contributed by atoms with van der Waals surface area (Å²) in [5.41, 5.74) is 4.17. The van der Waals surface area contributed by atoms with Crippen molar-refractivity contribution in [3.05, 3.63) is 6.33 Å². The number of nitrogens with one attached hydrogen (secondary N) is 1. The Balaban J connectivity index is 2.00. The number of esters is 2. The van der Waals surface area contributed by atoms with Gasteiger partial charge in [0.25, 0.3) is 0 Å². The SMILES string of the molecule is CCC(=O)OC[C@H]1O[C@@H](n2cnc3c(NC)nc(N)nc32)[C@](C)(F)[C@@H]1OC(C)=O. The highest BCUT2D eigenvalue weighted by Crippen LogP contribution is 2.44. The Morgan fingerprint density at radius 1 is 1.45 bits per heavy atom. The summed E-state index contributed by atoms with van der Waals surface area (Å²) in [5, 5.41) is 2.85. The van der Waals surface area contributed by atoms with Gasteiger partial charge in [-0.3, -0.25) is 14.2 Å². The van der Waals surface area contributed by atoms with E-state index < -0.39 is 36.0 Å². The first-order valence-corrected chi connectivity index (χ1v) is 9.04. The van der Waals surface area contributed by atoms with E-state index in [9.17, 15) is 9.59 Å². The number of nitrogens with zero attached hydrogens (tertiary/aromatic N) is 4. The molecule has 1 aliphatic rings. The van der Waals surface area contributed by atoms with Gasteiger partial charge in [0.2, 0.25) is 5.95 Å². The number of hydrogen-bond donors (Lipinski definition) is 2. The highest BCUT2D eigenvalue weighted by atomic mass is 19.1. The fourth-order valence-corrected chi connectivity index (χ4v) is 3.26. The number of halogens is 1. The van der Waals surface area contributed by atoms with E-state index in [1.54, 1.807) is 14.0 Å². The maximum atomic E-state index is 15.8. The minimum atomic E-state index is -2.18.